The highest BCUT2D eigenvalue weighted by atomic mass is 35.5. The number of rotatable bonds is 2. The van der Waals surface area contributed by atoms with E-state index >= 15 is 0 Å². The monoisotopic (exact) mass is 312 g/mol. The number of aryl methyl sites for hydroxylation is 3. The summed E-state index contributed by atoms with van der Waals surface area (Å²) in [4.78, 5) is 25.4. The van der Waals surface area contributed by atoms with Gasteiger partial charge in [-0.25, -0.2) is 24.9 Å². The minimum absolute atomic E-state index is 0.180. The summed E-state index contributed by atoms with van der Waals surface area (Å²) in [5, 5.41) is 0.180. The molecule has 3 rings (SSSR count). The number of benzene rings is 1. The van der Waals surface area contributed by atoms with Crippen molar-refractivity contribution in [2.24, 2.45) is 0 Å². The molecule has 110 valence electrons. The van der Waals surface area contributed by atoms with Crippen LogP contribution < -0.4 is 0 Å². The Kier molecular flexibility index (Phi) is 3.77. The molecule has 0 unspecified atom stereocenters. The molecule has 0 amide bonds. The number of hydrogen-bond donors (Lipinski definition) is 0. The van der Waals surface area contributed by atoms with E-state index in [9.17, 15) is 0 Å². The molecule has 0 aliphatic carbocycles. The van der Waals surface area contributed by atoms with Crippen molar-refractivity contribution in [1.29, 1.82) is 0 Å². The SMILES string of the molecule is Cc1nc(C)nc(-c2cccc(-c3nc(C)nc(Cl)n3)c2)n1. The number of hydrogen-bond acceptors (Lipinski definition) is 6. The summed E-state index contributed by atoms with van der Waals surface area (Å²) in [6.07, 6.45) is 0. The van der Waals surface area contributed by atoms with Gasteiger partial charge in [0.15, 0.2) is 11.6 Å². The molecule has 2 heterocycles. The van der Waals surface area contributed by atoms with Crippen molar-refractivity contribution in [2.45, 2.75) is 20.8 Å². The van der Waals surface area contributed by atoms with E-state index in [1.165, 1.54) is 0 Å². The van der Waals surface area contributed by atoms with Crippen molar-refractivity contribution in [2.75, 3.05) is 0 Å². The van der Waals surface area contributed by atoms with Gasteiger partial charge in [-0.1, -0.05) is 18.2 Å². The normalized spacial score (nSPS) is 10.7. The maximum atomic E-state index is 5.90. The predicted octanol–water partition coefficient (Wildman–Crippen LogP) is 2.97. The van der Waals surface area contributed by atoms with Gasteiger partial charge >= 0.3 is 0 Å². The van der Waals surface area contributed by atoms with Crippen molar-refractivity contribution in [3.63, 3.8) is 0 Å². The molecular weight excluding hydrogens is 300 g/mol. The molecule has 22 heavy (non-hydrogen) atoms. The summed E-state index contributed by atoms with van der Waals surface area (Å²) < 4.78 is 0. The first-order valence-electron chi connectivity index (χ1n) is 6.69. The molecule has 0 saturated heterocycles. The first-order valence-corrected chi connectivity index (χ1v) is 7.07. The molecular formula is C15H13ClN6. The lowest BCUT2D eigenvalue weighted by Crippen LogP contribution is -1.99. The van der Waals surface area contributed by atoms with Crippen molar-refractivity contribution in [3.8, 4) is 22.8 Å². The third-order valence-electron chi connectivity index (χ3n) is 2.96. The van der Waals surface area contributed by atoms with Crippen molar-refractivity contribution in [3.05, 3.63) is 47.0 Å². The summed E-state index contributed by atoms with van der Waals surface area (Å²) in [5.74, 6) is 3.11. The Bertz CT molecular complexity index is 742. The van der Waals surface area contributed by atoms with Gasteiger partial charge in [-0.05, 0) is 38.4 Å². The molecule has 0 aliphatic heterocycles. The Morgan fingerprint density at radius 3 is 1.73 bits per heavy atom. The van der Waals surface area contributed by atoms with E-state index in [1.807, 2.05) is 38.1 Å². The zero-order chi connectivity index (χ0) is 15.7. The van der Waals surface area contributed by atoms with Crippen LogP contribution >= 0.6 is 11.6 Å². The van der Waals surface area contributed by atoms with Gasteiger partial charge in [-0.2, -0.15) is 4.98 Å². The summed E-state index contributed by atoms with van der Waals surface area (Å²) in [6, 6.07) is 7.69. The summed E-state index contributed by atoms with van der Waals surface area (Å²) in [5.41, 5.74) is 1.71. The van der Waals surface area contributed by atoms with Gasteiger partial charge in [0.05, 0.1) is 0 Å². The lowest BCUT2D eigenvalue weighted by atomic mass is 10.1. The van der Waals surface area contributed by atoms with E-state index in [0.717, 1.165) is 11.1 Å². The molecule has 0 aliphatic rings. The van der Waals surface area contributed by atoms with Gasteiger partial charge in [0.2, 0.25) is 5.28 Å². The Morgan fingerprint density at radius 1 is 0.682 bits per heavy atom. The van der Waals surface area contributed by atoms with Gasteiger partial charge in [0.25, 0.3) is 0 Å². The van der Waals surface area contributed by atoms with E-state index < -0.39 is 0 Å². The Morgan fingerprint density at radius 2 is 1.18 bits per heavy atom. The van der Waals surface area contributed by atoms with Crippen LogP contribution in [-0.4, -0.2) is 29.9 Å². The van der Waals surface area contributed by atoms with Crippen LogP contribution in [0.5, 0.6) is 0 Å². The number of aromatic nitrogens is 6. The van der Waals surface area contributed by atoms with Crippen LogP contribution in [0.4, 0.5) is 0 Å². The maximum absolute atomic E-state index is 5.90. The van der Waals surface area contributed by atoms with Gasteiger partial charge in [-0.3, -0.25) is 0 Å². The lowest BCUT2D eigenvalue weighted by molar-refractivity contribution is 0.928. The third kappa shape index (κ3) is 3.07. The van der Waals surface area contributed by atoms with Gasteiger partial charge in [0.1, 0.15) is 17.5 Å². The van der Waals surface area contributed by atoms with Crippen LogP contribution in [0.25, 0.3) is 22.8 Å². The zero-order valence-electron chi connectivity index (χ0n) is 12.4. The molecule has 2 aromatic heterocycles. The van der Waals surface area contributed by atoms with Crippen LogP contribution in [0.15, 0.2) is 24.3 Å². The van der Waals surface area contributed by atoms with Crippen molar-refractivity contribution < 1.29 is 0 Å². The second-order valence-electron chi connectivity index (χ2n) is 4.81. The fraction of sp³-hybridized carbons (Fsp3) is 0.200. The standard InChI is InChI=1S/C15H13ClN6/c1-8-17-9(2)19-13(18-8)11-5-4-6-12(7-11)14-20-10(3)21-15(16)22-14/h4-7H,1-3H3. The van der Waals surface area contributed by atoms with Gasteiger partial charge in [0, 0.05) is 11.1 Å². The number of halogens is 1. The van der Waals surface area contributed by atoms with E-state index in [2.05, 4.69) is 29.9 Å². The summed E-state index contributed by atoms with van der Waals surface area (Å²) in [6.45, 7) is 5.47. The third-order valence-corrected chi connectivity index (χ3v) is 3.13. The second kappa shape index (κ2) is 5.73. The predicted molar refractivity (Wildman–Crippen MR) is 83.3 cm³/mol. The van der Waals surface area contributed by atoms with Crippen LogP contribution in [0.2, 0.25) is 5.28 Å². The molecule has 0 fully saturated rings. The topological polar surface area (TPSA) is 77.3 Å². The Labute approximate surface area is 132 Å². The fourth-order valence-electron chi connectivity index (χ4n) is 2.12. The summed E-state index contributed by atoms with van der Waals surface area (Å²) >= 11 is 5.90. The van der Waals surface area contributed by atoms with E-state index in [4.69, 9.17) is 11.6 Å². The van der Waals surface area contributed by atoms with Crippen molar-refractivity contribution >= 4 is 11.6 Å². The molecule has 0 radical (unpaired) electrons. The minimum Gasteiger partial charge on any atom is -0.219 e. The molecule has 0 atom stereocenters. The fourth-order valence-corrected chi connectivity index (χ4v) is 2.32. The maximum Gasteiger partial charge on any atom is 0.226 e. The average Bonchev–Trinajstić information content (AvgIpc) is 2.45. The first-order chi connectivity index (χ1) is 10.5. The molecule has 0 N–H and O–H groups in total. The first kappa shape index (κ1) is 14.5. The molecule has 0 spiro atoms. The molecule has 1 aromatic carbocycles. The molecule has 0 saturated carbocycles. The van der Waals surface area contributed by atoms with Crippen LogP contribution in [0.3, 0.4) is 0 Å². The highest BCUT2D eigenvalue weighted by Gasteiger charge is 2.09. The minimum atomic E-state index is 0.180. The van der Waals surface area contributed by atoms with E-state index in [-0.39, 0.29) is 5.28 Å². The Hall–Kier alpha value is -2.47. The van der Waals surface area contributed by atoms with Crippen LogP contribution in [0.1, 0.15) is 17.5 Å². The highest BCUT2D eigenvalue weighted by Crippen LogP contribution is 2.22. The molecule has 7 heteroatoms. The summed E-state index contributed by atoms with van der Waals surface area (Å²) in [7, 11) is 0. The average molecular weight is 313 g/mol. The number of nitrogens with zero attached hydrogens (tertiary/aromatic N) is 6. The second-order valence-corrected chi connectivity index (χ2v) is 5.15. The highest BCUT2D eigenvalue weighted by molar-refractivity contribution is 6.28. The van der Waals surface area contributed by atoms with Gasteiger partial charge < -0.3 is 0 Å². The van der Waals surface area contributed by atoms with Gasteiger partial charge in [-0.15, -0.1) is 0 Å². The molecule has 0 bridgehead atoms. The van der Waals surface area contributed by atoms with E-state index in [1.54, 1.807) is 6.92 Å². The Balaban J connectivity index is 2.09. The lowest BCUT2D eigenvalue weighted by Gasteiger charge is -2.06. The molecule has 6 nitrogen and oxygen atoms in total. The van der Waals surface area contributed by atoms with Crippen molar-refractivity contribution in [1.82, 2.24) is 29.9 Å². The molecule has 3 aromatic rings. The largest absolute Gasteiger partial charge is 0.226 e. The smallest absolute Gasteiger partial charge is 0.219 e. The zero-order valence-corrected chi connectivity index (χ0v) is 13.1. The quantitative estimate of drug-likeness (QED) is 0.724. The van der Waals surface area contributed by atoms with Crippen LogP contribution in [0, 0.1) is 20.8 Å². The van der Waals surface area contributed by atoms with Crippen LogP contribution in [-0.2, 0) is 0 Å². The van der Waals surface area contributed by atoms with E-state index in [0.29, 0.717) is 29.1 Å².